The second kappa shape index (κ2) is 9.03. The molecule has 2 rings (SSSR count). The Morgan fingerprint density at radius 2 is 2.19 bits per heavy atom. The number of rotatable bonds is 5. The summed E-state index contributed by atoms with van der Waals surface area (Å²) in [5.41, 5.74) is 5.70. The van der Waals surface area contributed by atoms with E-state index in [2.05, 4.69) is 28.9 Å². The maximum atomic E-state index is 12.3. The molecule has 1 heterocycles. The predicted molar refractivity (Wildman–Crippen MR) is 95.1 cm³/mol. The van der Waals surface area contributed by atoms with E-state index >= 15 is 0 Å². The zero-order chi connectivity index (χ0) is 14.5. The first kappa shape index (κ1) is 18.8. The van der Waals surface area contributed by atoms with Crippen molar-refractivity contribution in [2.45, 2.75) is 30.7 Å². The van der Waals surface area contributed by atoms with Crippen molar-refractivity contribution in [2.75, 3.05) is 18.8 Å². The van der Waals surface area contributed by atoms with Crippen molar-refractivity contribution < 1.29 is 4.79 Å². The van der Waals surface area contributed by atoms with E-state index in [1.807, 2.05) is 23.1 Å². The largest absolute Gasteiger partial charge is 0.340 e. The van der Waals surface area contributed by atoms with Crippen LogP contribution in [0.2, 0.25) is 0 Å². The van der Waals surface area contributed by atoms with E-state index in [1.54, 1.807) is 11.8 Å². The van der Waals surface area contributed by atoms with Gasteiger partial charge < -0.3 is 10.6 Å². The molecule has 1 aliphatic heterocycles. The molecular formula is C15H22BrClN2OS. The van der Waals surface area contributed by atoms with E-state index in [4.69, 9.17) is 5.73 Å². The number of thioether (sulfide) groups is 1. The monoisotopic (exact) mass is 392 g/mol. The van der Waals surface area contributed by atoms with Gasteiger partial charge in [0.15, 0.2) is 0 Å². The minimum atomic E-state index is 0. The Hall–Kier alpha value is -0.230. The molecule has 118 valence electrons. The van der Waals surface area contributed by atoms with E-state index in [-0.39, 0.29) is 18.3 Å². The van der Waals surface area contributed by atoms with Crippen molar-refractivity contribution in [1.82, 2.24) is 4.90 Å². The smallest absolute Gasteiger partial charge is 0.223 e. The van der Waals surface area contributed by atoms with Crippen molar-refractivity contribution in [2.24, 2.45) is 11.7 Å². The number of carbonyl (C=O) groups is 1. The quantitative estimate of drug-likeness (QED) is 0.778. The van der Waals surface area contributed by atoms with Gasteiger partial charge in [-0.25, -0.2) is 0 Å². The Balaban J connectivity index is 0.00000220. The van der Waals surface area contributed by atoms with Gasteiger partial charge >= 0.3 is 0 Å². The Morgan fingerprint density at radius 3 is 2.81 bits per heavy atom. The van der Waals surface area contributed by atoms with Gasteiger partial charge in [0, 0.05) is 34.1 Å². The Kier molecular flexibility index (Phi) is 8.09. The van der Waals surface area contributed by atoms with Gasteiger partial charge in [-0.15, -0.1) is 24.2 Å². The minimum absolute atomic E-state index is 0. The molecule has 0 radical (unpaired) electrons. The average Bonchev–Trinajstić information content (AvgIpc) is 2.82. The zero-order valence-corrected chi connectivity index (χ0v) is 15.3. The van der Waals surface area contributed by atoms with Crippen LogP contribution in [0.15, 0.2) is 33.6 Å². The third-order valence-corrected chi connectivity index (χ3v) is 5.75. The molecule has 2 unspecified atom stereocenters. The molecular weight excluding hydrogens is 372 g/mol. The first-order chi connectivity index (χ1) is 9.61. The molecule has 2 N–H and O–H groups in total. The van der Waals surface area contributed by atoms with Gasteiger partial charge in [-0.2, -0.15) is 0 Å². The summed E-state index contributed by atoms with van der Waals surface area (Å²) in [6.07, 6.45) is 1.63. The lowest BCUT2D eigenvalue weighted by Gasteiger charge is -2.21. The highest BCUT2D eigenvalue weighted by Gasteiger charge is 2.30. The molecule has 0 spiro atoms. The Morgan fingerprint density at radius 1 is 1.48 bits per heavy atom. The fourth-order valence-electron chi connectivity index (χ4n) is 2.61. The third kappa shape index (κ3) is 5.16. The van der Waals surface area contributed by atoms with Crippen LogP contribution >= 0.6 is 40.1 Å². The Bertz CT molecular complexity index is 475. The van der Waals surface area contributed by atoms with Crippen LogP contribution in [0.3, 0.4) is 0 Å². The molecule has 6 heteroatoms. The number of nitrogens with two attached hydrogens (primary N) is 1. The fraction of sp³-hybridized carbons (Fsp3) is 0.533. The summed E-state index contributed by atoms with van der Waals surface area (Å²) in [6.45, 7) is 3.63. The molecule has 0 aromatic heterocycles. The third-order valence-electron chi connectivity index (χ3n) is 3.73. The number of hydrogen-bond donors (Lipinski definition) is 1. The number of benzene rings is 1. The van der Waals surface area contributed by atoms with Gasteiger partial charge in [-0.05, 0) is 53.9 Å². The van der Waals surface area contributed by atoms with Gasteiger partial charge in [0.05, 0.1) is 0 Å². The van der Waals surface area contributed by atoms with Crippen molar-refractivity contribution in [3.8, 4) is 0 Å². The second-order valence-corrected chi connectivity index (χ2v) is 7.25. The van der Waals surface area contributed by atoms with Gasteiger partial charge in [0.1, 0.15) is 0 Å². The normalized spacial score (nSPS) is 21.2. The molecule has 1 aliphatic rings. The van der Waals surface area contributed by atoms with E-state index in [0.29, 0.717) is 24.9 Å². The lowest BCUT2D eigenvalue weighted by Crippen LogP contribution is -2.34. The van der Waals surface area contributed by atoms with E-state index in [0.717, 1.165) is 23.2 Å². The summed E-state index contributed by atoms with van der Waals surface area (Å²) in [7, 11) is 0. The summed E-state index contributed by atoms with van der Waals surface area (Å²) in [4.78, 5) is 15.4. The number of carbonyl (C=O) groups excluding carboxylic acids is 1. The van der Waals surface area contributed by atoms with Gasteiger partial charge in [0.25, 0.3) is 0 Å². The standard InChI is InChI=1S/C15H21BrN2OS.ClH/c1-11-8-12(9-17)10-18(11)15(19)6-7-20-14-5-3-2-4-13(14)16;/h2-5,11-12H,6-10,17H2,1H3;1H. The van der Waals surface area contributed by atoms with Crippen LogP contribution in [-0.4, -0.2) is 35.7 Å². The lowest BCUT2D eigenvalue weighted by atomic mass is 10.1. The van der Waals surface area contributed by atoms with Crippen LogP contribution in [-0.2, 0) is 4.79 Å². The summed E-state index contributed by atoms with van der Waals surface area (Å²) < 4.78 is 1.09. The molecule has 1 saturated heterocycles. The molecule has 1 aromatic carbocycles. The number of hydrogen-bond acceptors (Lipinski definition) is 3. The molecule has 1 amide bonds. The van der Waals surface area contributed by atoms with E-state index in [9.17, 15) is 4.79 Å². The number of nitrogens with zero attached hydrogens (tertiary/aromatic N) is 1. The van der Waals surface area contributed by atoms with Crippen molar-refractivity contribution >= 4 is 46.0 Å². The van der Waals surface area contributed by atoms with Crippen molar-refractivity contribution in [3.63, 3.8) is 0 Å². The van der Waals surface area contributed by atoms with Crippen molar-refractivity contribution in [1.29, 1.82) is 0 Å². The summed E-state index contributed by atoms with van der Waals surface area (Å²) in [5.74, 6) is 1.55. The van der Waals surface area contributed by atoms with Crippen LogP contribution in [0.25, 0.3) is 0 Å². The van der Waals surface area contributed by atoms with Crippen LogP contribution in [0.5, 0.6) is 0 Å². The molecule has 0 aliphatic carbocycles. The topological polar surface area (TPSA) is 46.3 Å². The molecule has 0 saturated carbocycles. The first-order valence-electron chi connectivity index (χ1n) is 6.98. The van der Waals surface area contributed by atoms with Gasteiger partial charge in [-0.3, -0.25) is 4.79 Å². The summed E-state index contributed by atoms with van der Waals surface area (Å²) in [6, 6.07) is 8.45. The summed E-state index contributed by atoms with van der Waals surface area (Å²) >= 11 is 5.25. The lowest BCUT2D eigenvalue weighted by molar-refractivity contribution is -0.131. The SMILES string of the molecule is CC1CC(CN)CN1C(=O)CCSc1ccccc1Br.Cl. The molecule has 21 heavy (non-hydrogen) atoms. The average molecular weight is 394 g/mol. The van der Waals surface area contributed by atoms with Crippen molar-refractivity contribution in [3.05, 3.63) is 28.7 Å². The van der Waals surface area contributed by atoms with Crippen LogP contribution in [0, 0.1) is 5.92 Å². The van der Waals surface area contributed by atoms with Gasteiger partial charge in [-0.1, -0.05) is 12.1 Å². The number of halogens is 2. The van der Waals surface area contributed by atoms with Gasteiger partial charge in [0.2, 0.25) is 5.91 Å². The number of likely N-dealkylation sites (tertiary alicyclic amines) is 1. The second-order valence-electron chi connectivity index (χ2n) is 5.26. The van der Waals surface area contributed by atoms with Crippen LogP contribution in [0.4, 0.5) is 0 Å². The zero-order valence-electron chi connectivity index (χ0n) is 12.1. The molecule has 1 fully saturated rings. The number of amides is 1. The highest BCUT2D eigenvalue weighted by atomic mass is 79.9. The van der Waals surface area contributed by atoms with E-state index in [1.165, 1.54) is 4.90 Å². The van der Waals surface area contributed by atoms with Crippen LogP contribution < -0.4 is 5.73 Å². The molecule has 0 bridgehead atoms. The van der Waals surface area contributed by atoms with Crippen LogP contribution in [0.1, 0.15) is 19.8 Å². The molecule has 3 nitrogen and oxygen atoms in total. The predicted octanol–water partition coefficient (Wildman–Crippen LogP) is 3.55. The molecule has 2 atom stereocenters. The summed E-state index contributed by atoms with van der Waals surface area (Å²) in [5, 5.41) is 0. The highest BCUT2D eigenvalue weighted by Crippen LogP contribution is 2.28. The highest BCUT2D eigenvalue weighted by molar-refractivity contribution is 9.10. The van der Waals surface area contributed by atoms with E-state index < -0.39 is 0 Å². The minimum Gasteiger partial charge on any atom is -0.340 e. The molecule has 1 aromatic rings. The maximum absolute atomic E-state index is 12.3. The first-order valence-corrected chi connectivity index (χ1v) is 8.76. The Labute approximate surface area is 145 Å². The fourth-order valence-corrected chi connectivity index (χ4v) is 4.12. The maximum Gasteiger partial charge on any atom is 0.223 e.